The molecule has 0 radical (unpaired) electrons. The van der Waals surface area contributed by atoms with E-state index in [1.165, 1.54) is 25.7 Å². The van der Waals surface area contributed by atoms with Crippen molar-refractivity contribution in [1.82, 2.24) is 0 Å². The summed E-state index contributed by atoms with van der Waals surface area (Å²) in [5.41, 5.74) is 0. The molecule has 0 bridgehead atoms. The van der Waals surface area contributed by atoms with Gasteiger partial charge in [-0.25, -0.2) is 4.57 Å². The van der Waals surface area contributed by atoms with E-state index in [9.17, 15) is 19.3 Å². The Morgan fingerprint density at radius 3 is 1.96 bits per heavy atom. The number of phosphoric acid groups is 1. The molecule has 280 valence electrons. The Kier molecular flexibility index (Phi) is 32.2. The Bertz CT molecular complexity index is 1040. The zero-order chi connectivity index (χ0) is 36.3. The molecule has 0 aromatic rings. The van der Waals surface area contributed by atoms with Crippen LogP contribution in [0.15, 0.2) is 72.9 Å². The summed E-state index contributed by atoms with van der Waals surface area (Å²) >= 11 is 0. The predicted molar refractivity (Wildman–Crippen MR) is 199 cm³/mol. The number of phosphoric ester groups is 1. The second-order valence-corrected chi connectivity index (χ2v) is 13.2. The van der Waals surface area contributed by atoms with E-state index in [-0.39, 0.29) is 19.4 Å². The number of rotatable bonds is 32. The monoisotopic (exact) mass is 708 g/mol. The first-order valence-electron chi connectivity index (χ1n) is 18.3. The molecule has 0 saturated heterocycles. The summed E-state index contributed by atoms with van der Waals surface area (Å²) in [5.74, 6) is -1.01. The van der Waals surface area contributed by atoms with Gasteiger partial charge < -0.3 is 24.4 Å². The fourth-order valence-corrected chi connectivity index (χ4v) is 4.90. The third-order valence-electron chi connectivity index (χ3n) is 7.29. The van der Waals surface area contributed by atoms with Gasteiger partial charge in [-0.05, 0) is 70.6 Å². The zero-order valence-electron chi connectivity index (χ0n) is 30.2. The Morgan fingerprint density at radius 1 is 0.653 bits per heavy atom. The van der Waals surface area contributed by atoms with Gasteiger partial charge in [0.15, 0.2) is 6.10 Å². The quantitative estimate of drug-likeness (QED) is 0.0205. The van der Waals surface area contributed by atoms with Gasteiger partial charge in [-0.1, -0.05) is 125 Å². The van der Waals surface area contributed by atoms with E-state index in [1.807, 2.05) is 42.5 Å². The van der Waals surface area contributed by atoms with Gasteiger partial charge in [0.1, 0.15) is 6.61 Å². The van der Waals surface area contributed by atoms with Crippen LogP contribution in [-0.2, 0) is 28.2 Å². The molecule has 0 aromatic carbocycles. The van der Waals surface area contributed by atoms with Gasteiger partial charge in [-0.3, -0.25) is 14.1 Å². The minimum Gasteiger partial charge on any atom is -0.462 e. The fraction of sp³-hybridized carbons (Fsp3) is 0.641. The van der Waals surface area contributed by atoms with Crippen LogP contribution in [0.4, 0.5) is 0 Å². The average molecular weight is 709 g/mol. The highest BCUT2D eigenvalue weighted by molar-refractivity contribution is 7.46. The van der Waals surface area contributed by atoms with Gasteiger partial charge in [0.05, 0.1) is 12.7 Å². The molecule has 0 aliphatic rings. The molecular formula is C39H65O9P. The highest BCUT2D eigenvalue weighted by atomic mass is 31.2. The summed E-state index contributed by atoms with van der Waals surface area (Å²) in [6.45, 7) is 3.40. The number of ether oxygens (including phenoxy) is 2. The third-order valence-corrected chi connectivity index (χ3v) is 7.77. The van der Waals surface area contributed by atoms with Crippen LogP contribution in [0.2, 0.25) is 0 Å². The van der Waals surface area contributed by atoms with Crippen LogP contribution in [0.3, 0.4) is 0 Å². The van der Waals surface area contributed by atoms with Crippen molar-refractivity contribution in [2.24, 2.45) is 0 Å². The van der Waals surface area contributed by atoms with Crippen LogP contribution in [0, 0.1) is 0 Å². The molecule has 0 spiro atoms. The molecular weight excluding hydrogens is 643 g/mol. The number of allylic oxidation sites excluding steroid dienone is 10. The maximum absolute atomic E-state index is 12.3. The highest BCUT2D eigenvalue weighted by Crippen LogP contribution is 2.35. The van der Waals surface area contributed by atoms with Crippen LogP contribution in [0.1, 0.15) is 136 Å². The highest BCUT2D eigenvalue weighted by Gasteiger charge is 2.22. The van der Waals surface area contributed by atoms with Crippen molar-refractivity contribution in [3.05, 3.63) is 72.9 Å². The largest absolute Gasteiger partial charge is 0.469 e. The lowest BCUT2D eigenvalue weighted by atomic mass is 10.1. The van der Waals surface area contributed by atoms with E-state index in [2.05, 4.69) is 42.7 Å². The lowest BCUT2D eigenvalue weighted by Gasteiger charge is -2.18. The maximum atomic E-state index is 12.3. The molecule has 0 aromatic heterocycles. The molecule has 0 aliphatic heterocycles. The second kappa shape index (κ2) is 33.9. The molecule has 49 heavy (non-hydrogen) atoms. The number of aliphatic hydroxyl groups excluding tert-OH is 1. The van der Waals surface area contributed by atoms with E-state index >= 15 is 0 Å². The first-order chi connectivity index (χ1) is 23.7. The van der Waals surface area contributed by atoms with Crippen LogP contribution in [0.25, 0.3) is 0 Å². The molecule has 2 atom stereocenters. The Morgan fingerprint density at radius 2 is 1.24 bits per heavy atom. The Labute approximate surface area is 296 Å². The summed E-state index contributed by atoms with van der Waals surface area (Å²) in [5, 5.41) is 9.96. The maximum Gasteiger partial charge on any atom is 0.469 e. The van der Waals surface area contributed by atoms with E-state index in [0.29, 0.717) is 32.1 Å². The Hall–Kier alpha value is -2.55. The van der Waals surface area contributed by atoms with Crippen molar-refractivity contribution in [3.63, 3.8) is 0 Å². The molecule has 0 amide bonds. The van der Waals surface area contributed by atoms with Crippen LogP contribution >= 0.6 is 7.82 Å². The van der Waals surface area contributed by atoms with Crippen molar-refractivity contribution in [2.45, 2.75) is 148 Å². The standard InChI is InChI=1S/C39H65O9P/c1-3-5-7-9-11-12-13-14-15-16-20-24-28-32-38(41)46-34-37(35-47-49(43,44)45)48-39(42)33-29-25-21-18-17-19-23-27-31-36(40)30-26-22-10-8-6-4-2/h6,8,12-13,18-19,21-23,26-27,31,36-37,40H,3-5,7,9-11,14-17,20,24-25,28-30,32-35H2,1-2H3,(H2,43,44,45)/b8-6-,13-12-,21-18-,23-19-,26-22-,31-27+/t36?,37-/m1/s1. The summed E-state index contributed by atoms with van der Waals surface area (Å²) in [4.78, 5) is 42.6. The number of unbranched alkanes of at least 4 members (excludes halogenated alkanes) is 10. The zero-order valence-corrected chi connectivity index (χ0v) is 31.1. The van der Waals surface area contributed by atoms with Crippen LogP contribution in [0.5, 0.6) is 0 Å². The number of hydrogen-bond donors (Lipinski definition) is 3. The molecule has 0 fully saturated rings. The number of esters is 2. The third kappa shape index (κ3) is 36.6. The Balaban J connectivity index is 4.20. The summed E-state index contributed by atoms with van der Waals surface area (Å²) in [7, 11) is -4.79. The van der Waals surface area contributed by atoms with Crippen molar-refractivity contribution in [2.75, 3.05) is 13.2 Å². The van der Waals surface area contributed by atoms with Gasteiger partial charge in [0.2, 0.25) is 0 Å². The predicted octanol–water partition coefficient (Wildman–Crippen LogP) is 9.70. The van der Waals surface area contributed by atoms with Gasteiger partial charge in [0, 0.05) is 12.8 Å². The lowest BCUT2D eigenvalue weighted by molar-refractivity contribution is -0.161. The van der Waals surface area contributed by atoms with Crippen molar-refractivity contribution in [1.29, 1.82) is 0 Å². The number of carbonyl (C=O) groups is 2. The van der Waals surface area contributed by atoms with Gasteiger partial charge in [-0.2, -0.15) is 0 Å². The summed E-state index contributed by atoms with van der Waals surface area (Å²) < 4.78 is 26.2. The molecule has 10 heteroatoms. The van der Waals surface area contributed by atoms with Gasteiger partial charge in [-0.15, -0.1) is 0 Å². The van der Waals surface area contributed by atoms with Crippen molar-refractivity contribution < 1.29 is 43.0 Å². The molecule has 3 N–H and O–H groups in total. The minimum absolute atomic E-state index is 0.0965. The normalized spacial score (nSPS) is 14.0. The molecule has 0 saturated carbocycles. The molecule has 0 heterocycles. The van der Waals surface area contributed by atoms with Crippen molar-refractivity contribution >= 4 is 19.8 Å². The lowest BCUT2D eigenvalue weighted by Crippen LogP contribution is -2.29. The van der Waals surface area contributed by atoms with Gasteiger partial charge in [0.25, 0.3) is 0 Å². The number of hydrogen-bond acceptors (Lipinski definition) is 7. The average Bonchev–Trinajstić information content (AvgIpc) is 3.06. The smallest absolute Gasteiger partial charge is 0.462 e. The van der Waals surface area contributed by atoms with Gasteiger partial charge >= 0.3 is 19.8 Å². The minimum atomic E-state index is -4.79. The fourth-order valence-electron chi connectivity index (χ4n) is 4.54. The topological polar surface area (TPSA) is 140 Å². The van der Waals surface area contributed by atoms with Crippen LogP contribution in [-0.4, -0.2) is 52.3 Å². The molecule has 0 aliphatic carbocycles. The van der Waals surface area contributed by atoms with E-state index in [1.54, 1.807) is 6.08 Å². The first-order valence-corrected chi connectivity index (χ1v) is 19.9. The van der Waals surface area contributed by atoms with Crippen molar-refractivity contribution in [3.8, 4) is 0 Å². The summed E-state index contributed by atoms with van der Waals surface area (Å²) in [6, 6.07) is 0. The first kappa shape index (κ1) is 46.5. The number of carbonyl (C=O) groups excluding carboxylic acids is 2. The second-order valence-electron chi connectivity index (χ2n) is 12.0. The van der Waals surface area contributed by atoms with E-state index in [0.717, 1.165) is 51.4 Å². The number of aliphatic hydroxyl groups is 1. The van der Waals surface area contributed by atoms with E-state index in [4.69, 9.17) is 19.3 Å². The molecule has 9 nitrogen and oxygen atoms in total. The molecule has 0 rings (SSSR count). The van der Waals surface area contributed by atoms with Crippen LogP contribution < -0.4 is 0 Å². The van der Waals surface area contributed by atoms with E-state index < -0.39 is 38.6 Å². The summed E-state index contributed by atoms with van der Waals surface area (Å²) in [6.07, 6.45) is 39.4. The SMILES string of the molecule is CC/C=C\C/C=C\CC(O)/C=C/C=C\C/C=C\CCCC(=O)O[C@H](COC(=O)CCCCCCC/C=C\CCCCCC)COP(=O)(O)O. The molecule has 1 unspecified atom stereocenters.